The maximum Gasteiger partial charge on any atom is 0.255 e. The molecule has 1 aromatic heterocycles. The van der Waals surface area contributed by atoms with Crippen molar-refractivity contribution in [3.63, 3.8) is 0 Å². The van der Waals surface area contributed by atoms with E-state index < -0.39 is 5.60 Å². The van der Waals surface area contributed by atoms with Crippen molar-refractivity contribution < 1.29 is 9.90 Å². The highest BCUT2D eigenvalue weighted by Crippen LogP contribution is 2.32. The first-order chi connectivity index (χ1) is 11.1. The van der Waals surface area contributed by atoms with Crippen molar-refractivity contribution in [2.75, 3.05) is 32.7 Å². The molecule has 1 aromatic rings. The number of β-amino-alcohol motifs (C(OH)–C–C–N with tert-alkyl or cyclic N) is 1. The lowest BCUT2D eigenvalue weighted by atomic mass is 9.95. The summed E-state index contributed by atoms with van der Waals surface area (Å²) in [7, 11) is 0. The summed E-state index contributed by atoms with van der Waals surface area (Å²) in [4.78, 5) is 18.6. The van der Waals surface area contributed by atoms with E-state index in [0.717, 1.165) is 38.0 Å². The Morgan fingerprint density at radius 1 is 1.17 bits per heavy atom. The van der Waals surface area contributed by atoms with Crippen LogP contribution in [0.3, 0.4) is 0 Å². The molecular weight excluding hydrogens is 308 g/mol. The summed E-state index contributed by atoms with van der Waals surface area (Å²) in [6, 6.07) is 0. The number of carbonyl (C=O) groups excluding carboxylic acids is 1. The predicted molar refractivity (Wildman–Crippen MR) is 92.1 cm³/mol. The number of fused-ring (bicyclic) bond motifs is 1. The molecule has 5 heteroatoms. The van der Waals surface area contributed by atoms with Crippen LogP contribution in [-0.2, 0) is 12.8 Å². The largest absolute Gasteiger partial charge is 0.387 e. The molecule has 0 saturated carbocycles. The minimum atomic E-state index is -0.712. The van der Waals surface area contributed by atoms with Gasteiger partial charge in [-0.2, -0.15) is 0 Å². The Kier molecular flexibility index (Phi) is 4.20. The van der Waals surface area contributed by atoms with Crippen LogP contribution in [0.1, 0.15) is 52.9 Å². The molecule has 0 radical (unpaired) electrons. The molecule has 126 valence electrons. The number of rotatable bonds is 3. The molecule has 0 bridgehead atoms. The lowest BCUT2D eigenvalue weighted by Crippen LogP contribution is -2.45. The smallest absolute Gasteiger partial charge is 0.255 e. The molecule has 1 atom stereocenters. The normalized spacial score (nSPS) is 28.3. The van der Waals surface area contributed by atoms with Gasteiger partial charge in [0.05, 0.1) is 17.7 Å². The predicted octanol–water partition coefficient (Wildman–Crippen LogP) is 2.30. The fraction of sp³-hybridized carbons (Fsp3) is 0.722. The standard InChI is InChI=1S/C18H26N2O2S/c21-17(15-11-23-16-6-2-1-5-14(15)16)20-10-7-18(22,13-20)12-19-8-3-4-9-19/h11,22H,1-10,12-13H2. The van der Waals surface area contributed by atoms with E-state index in [1.54, 1.807) is 11.3 Å². The van der Waals surface area contributed by atoms with Crippen LogP contribution in [0.5, 0.6) is 0 Å². The van der Waals surface area contributed by atoms with E-state index in [1.807, 2.05) is 4.90 Å². The van der Waals surface area contributed by atoms with Crippen LogP contribution in [0.15, 0.2) is 5.38 Å². The number of thiophene rings is 1. The highest BCUT2D eigenvalue weighted by molar-refractivity contribution is 7.10. The zero-order chi connectivity index (χ0) is 15.9. The van der Waals surface area contributed by atoms with E-state index in [9.17, 15) is 9.90 Å². The number of amides is 1. The molecule has 2 aliphatic heterocycles. The van der Waals surface area contributed by atoms with Crippen LogP contribution in [0.25, 0.3) is 0 Å². The number of hydrogen-bond donors (Lipinski definition) is 1. The lowest BCUT2D eigenvalue weighted by molar-refractivity contribution is 0.0175. The highest BCUT2D eigenvalue weighted by Gasteiger charge is 2.40. The van der Waals surface area contributed by atoms with Gasteiger partial charge in [-0.3, -0.25) is 4.79 Å². The van der Waals surface area contributed by atoms with Crippen molar-refractivity contribution in [2.45, 2.75) is 50.5 Å². The third-order valence-corrected chi connectivity index (χ3v) is 6.72. The second-order valence-corrected chi connectivity index (χ2v) is 8.41. The van der Waals surface area contributed by atoms with E-state index in [-0.39, 0.29) is 5.91 Å². The van der Waals surface area contributed by atoms with Gasteiger partial charge in [-0.1, -0.05) is 0 Å². The van der Waals surface area contributed by atoms with E-state index in [4.69, 9.17) is 0 Å². The van der Waals surface area contributed by atoms with Crippen molar-refractivity contribution >= 4 is 17.2 Å². The summed E-state index contributed by atoms with van der Waals surface area (Å²) in [5.74, 6) is 0.141. The average molecular weight is 334 g/mol. The topological polar surface area (TPSA) is 43.8 Å². The second kappa shape index (κ2) is 6.19. The third kappa shape index (κ3) is 3.06. The lowest BCUT2D eigenvalue weighted by Gasteiger charge is -2.28. The zero-order valence-electron chi connectivity index (χ0n) is 13.7. The summed E-state index contributed by atoms with van der Waals surface area (Å²) in [5, 5.41) is 12.9. The van der Waals surface area contributed by atoms with Crippen LogP contribution < -0.4 is 0 Å². The molecule has 23 heavy (non-hydrogen) atoms. The molecule has 3 aliphatic rings. The van der Waals surface area contributed by atoms with Gasteiger partial charge in [-0.05, 0) is 63.6 Å². The Morgan fingerprint density at radius 2 is 1.96 bits per heavy atom. The van der Waals surface area contributed by atoms with E-state index in [1.165, 1.54) is 36.1 Å². The summed E-state index contributed by atoms with van der Waals surface area (Å²) < 4.78 is 0. The minimum Gasteiger partial charge on any atom is -0.387 e. The number of aryl methyl sites for hydroxylation is 1. The van der Waals surface area contributed by atoms with Gasteiger partial charge in [0.25, 0.3) is 5.91 Å². The Morgan fingerprint density at radius 3 is 2.78 bits per heavy atom. The van der Waals surface area contributed by atoms with Crippen LogP contribution in [0.4, 0.5) is 0 Å². The molecular formula is C18H26N2O2S. The first-order valence-electron chi connectivity index (χ1n) is 8.98. The average Bonchev–Trinajstić information content (AvgIpc) is 3.26. The second-order valence-electron chi connectivity index (χ2n) is 7.44. The molecule has 2 fully saturated rings. The zero-order valence-corrected chi connectivity index (χ0v) is 14.5. The molecule has 0 spiro atoms. The molecule has 2 saturated heterocycles. The Labute approximate surface area is 142 Å². The quantitative estimate of drug-likeness (QED) is 0.922. The highest BCUT2D eigenvalue weighted by atomic mass is 32.1. The maximum absolute atomic E-state index is 12.9. The van der Waals surface area contributed by atoms with Gasteiger partial charge in [0.1, 0.15) is 0 Å². The monoisotopic (exact) mass is 334 g/mol. The Balaban J connectivity index is 1.44. The van der Waals surface area contributed by atoms with E-state index in [0.29, 0.717) is 19.5 Å². The van der Waals surface area contributed by atoms with Crippen LogP contribution in [0, 0.1) is 0 Å². The van der Waals surface area contributed by atoms with E-state index >= 15 is 0 Å². The van der Waals surface area contributed by atoms with Crippen molar-refractivity contribution in [3.8, 4) is 0 Å². The van der Waals surface area contributed by atoms with Crippen molar-refractivity contribution in [1.29, 1.82) is 0 Å². The molecule has 4 nitrogen and oxygen atoms in total. The molecule has 1 aliphatic carbocycles. The first kappa shape index (κ1) is 15.6. The maximum atomic E-state index is 12.9. The molecule has 1 unspecified atom stereocenters. The van der Waals surface area contributed by atoms with Gasteiger partial charge in [0.2, 0.25) is 0 Å². The summed E-state index contributed by atoms with van der Waals surface area (Å²) in [6.07, 6.45) is 7.81. The number of hydrogen-bond acceptors (Lipinski definition) is 4. The van der Waals surface area contributed by atoms with Crippen molar-refractivity contribution in [1.82, 2.24) is 9.80 Å². The van der Waals surface area contributed by atoms with Gasteiger partial charge in [0.15, 0.2) is 0 Å². The molecule has 0 aromatic carbocycles. The molecule has 1 amide bonds. The van der Waals surface area contributed by atoms with Crippen LogP contribution in [-0.4, -0.2) is 59.1 Å². The molecule has 1 N–H and O–H groups in total. The minimum absolute atomic E-state index is 0.141. The number of carbonyl (C=O) groups is 1. The number of aliphatic hydroxyl groups is 1. The fourth-order valence-corrected chi connectivity index (χ4v) is 5.48. The van der Waals surface area contributed by atoms with E-state index in [2.05, 4.69) is 10.3 Å². The Hall–Kier alpha value is -0.910. The summed E-state index contributed by atoms with van der Waals surface area (Å²) >= 11 is 1.75. The van der Waals surface area contributed by atoms with Crippen LogP contribution >= 0.6 is 11.3 Å². The summed E-state index contributed by atoms with van der Waals surface area (Å²) in [5.41, 5.74) is 1.49. The van der Waals surface area contributed by atoms with Gasteiger partial charge >= 0.3 is 0 Å². The SMILES string of the molecule is O=C(c1csc2c1CCCC2)N1CCC(O)(CN2CCCC2)C1. The first-order valence-corrected chi connectivity index (χ1v) is 9.86. The number of nitrogens with zero attached hydrogens (tertiary/aromatic N) is 2. The summed E-state index contributed by atoms with van der Waals surface area (Å²) in [6.45, 7) is 4.09. The van der Waals surface area contributed by atoms with Gasteiger partial charge in [0, 0.05) is 23.3 Å². The molecule has 3 heterocycles. The van der Waals surface area contributed by atoms with Crippen molar-refractivity contribution in [2.24, 2.45) is 0 Å². The van der Waals surface area contributed by atoms with Crippen molar-refractivity contribution in [3.05, 3.63) is 21.4 Å². The van der Waals surface area contributed by atoms with Gasteiger partial charge in [-0.15, -0.1) is 11.3 Å². The van der Waals surface area contributed by atoms with Gasteiger partial charge in [-0.25, -0.2) is 0 Å². The molecule has 4 rings (SSSR count). The third-order valence-electron chi connectivity index (χ3n) is 5.63. The van der Waals surface area contributed by atoms with Crippen LogP contribution in [0.2, 0.25) is 0 Å². The van der Waals surface area contributed by atoms with Gasteiger partial charge < -0.3 is 14.9 Å². The number of likely N-dealkylation sites (tertiary alicyclic amines) is 2. The Bertz CT molecular complexity index is 594. The fourth-order valence-electron chi connectivity index (χ4n) is 4.36.